The fraction of sp³-hybridized carbons (Fsp3) is 0.793. The molecule has 0 aliphatic heterocycles. The summed E-state index contributed by atoms with van der Waals surface area (Å²) in [6.07, 6.45) is 113. The number of phosphoric acid groups is 1. The first kappa shape index (κ1) is 93.9. The van der Waals surface area contributed by atoms with Crippen molar-refractivity contribution in [2.75, 3.05) is 26.4 Å². The molecule has 0 bridgehead atoms. The fourth-order valence-corrected chi connectivity index (χ4v) is 13.1. The fourth-order valence-electron chi connectivity index (χ4n) is 12.3. The van der Waals surface area contributed by atoms with Gasteiger partial charge in [0.05, 0.1) is 13.2 Å². The van der Waals surface area contributed by atoms with Crippen molar-refractivity contribution in [3.05, 3.63) is 97.2 Å². The first-order valence-electron chi connectivity index (χ1n) is 41.7. The number of ether oxygens (including phenoxy) is 2. The summed E-state index contributed by atoms with van der Waals surface area (Å²) in [5.41, 5.74) is 5.42. The lowest BCUT2D eigenvalue weighted by Crippen LogP contribution is -2.29. The standard InChI is InChI=1S/C87H158NO8P/c1-3-5-7-9-11-13-15-17-19-21-23-25-27-29-31-33-35-37-39-41-42-44-46-48-50-52-54-56-58-60-62-64-66-68-70-72-74-76-78-80-87(90)96-85(84-95-97(91,92)94-82-81-88)83-93-86(89)79-77-75-73-71-69-67-65-63-61-59-57-55-53-51-49-47-45-43-40-38-36-34-32-30-28-26-24-22-20-18-16-14-12-10-8-6-4-2/h5,7,11,13,16-19,22-25,28-31,85H,3-4,6,8-10,12,14-15,20-21,26-27,32-84,88H2,1-2H3,(H,91,92)/b7-5-,13-11-,18-16-,19-17-,24-22-,25-23-,30-28-,31-29-. The van der Waals surface area contributed by atoms with Crippen molar-refractivity contribution in [3.8, 4) is 0 Å². The molecular formula is C87H158NO8P. The van der Waals surface area contributed by atoms with Crippen LogP contribution >= 0.6 is 7.82 Å². The van der Waals surface area contributed by atoms with Gasteiger partial charge in [-0.3, -0.25) is 18.6 Å². The molecule has 564 valence electrons. The summed E-state index contributed by atoms with van der Waals surface area (Å²) in [6.45, 7) is 3.68. The van der Waals surface area contributed by atoms with E-state index in [2.05, 4.69) is 111 Å². The summed E-state index contributed by atoms with van der Waals surface area (Å²) in [7, 11) is -4.40. The second-order valence-corrected chi connectivity index (χ2v) is 29.4. The lowest BCUT2D eigenvalue weighted by molar-refractivity contribution is -0.161. The highest BCUT2D eigenvalue weighted by molar-refractivity contribution is 7.47. The van der Waals surface area contributed by atoms with Gasteiger partial charge in [-0.1, -0.05) is 400 Å². The van der Waals surface area contributed by atoms with Gasteiger partial charge in [0, 0.05) is 19.4 Å². The van der Waals surface area contributed by atoms with Gasteiger partial charge < -0.3 is 20.1 Å². The molecule has 10 heteroatoms. The Morgan fingerprint density at radius 2 is 0.567 bits per heavy atom. The maximum atomic E-state index is 12.8. The minimum Gasteiger partial charge on any atom is -0.462 e. The number of hydrogen-bond acceptors (Lipinski definition) is 8. The number of rotatable bonds is 79. The Bertz CT molecular complexity index is 1920. The number of esters is 2. The van der Waals surface area contributed by atoms with Crippen LogP contribution in [0, 0.1) is 0 Å². The first-order chi connectivity index (χ1) is 47.8. The van der Waals surface area contributed by atoms with E-state index >= 15 is 0 Å². The number of hydrogen-bond donors (Lipinski definition) is 2. The van der Waals surface area contributed by atoms with E-state index in [9.17, 15) is 19.0 Å². The second kappa shape index (κ2) is 81.9. The summed E-state index contributed by atoms with van der Waals surface area (Å²) < 4.78 is 33.3. The molecule has 3 N–H and O–H groups in total. The summed E-state index contributed by atoms with van der Waals surface area (Å²) in [4.78, 5) is 35.5. The summed E-state index contributed by atoms with van der Waals surface area (Å²) in [5.74, 6) is -0.806. The summed E-state index contributed by atoms with van der Waals surface area (Å²) in [5, 5.41) is 0. The van der Waals surface area contributed by atoms with E-state index in [0.29, 0.717) is 6.42 Å². The van der Waals surface area contributed by atoms with Crippen molar-refractivity contribution in [1.82, 2.24) is 0 Å². The third-order valence-corrected chi connectivity index (χ3v) is 19.4. The SMILES string of the molecule is CC/C=C\C/C=C\C/C=C\C/C=C\C/C=C\CCCCCCCCCCCCCCCCCCCCCCCCCC(=O)OC(COC(=O)CCCCCCCCCCCCCCCCCCCCCCCC/C=C\C/C=C\C/C=C\CCCCCCC)COP(=O)(O)OCCN. The molecule has 0 aliphatic carbocycles. The largest absolute Gasteiger partial charge is 0.472 e. The van der Waals surface area contributed by atoms with Gasteiger partial charge in [-0.15, -0.1) is 0 Å². The number of carbonyl (C=O) groups is 2. The van der Waals surface area contributed by atoms with Crippen molar-refractivity contribution >= 4 is 19.8 Å². The topological polar surface area (TPSA) is 134 Å². The van der Waals surface area contributed by atoms with Gasteiger partial charge in [0.15, 0.2) is 6.10 Å². The number of allylic oxidation sites excluding steroid dienone is 16. The van der Waals surface area contributed by atoms with Crippen LogP contribution in [0.25, 0.3) is 0 Å². The average Bonchev–Trinajstić information content (AvgIpc) is 2.88. The third kappa shape index (κ3) is 81.8. The predicted molar refractivity (Wildman–Crippen MR) is 422 cm³/mol. The van der Waals surface area contributed by atoms with Crippen LogP contribution in [0.3, 0.4) is 0 Å². The van der Waals surface area contributed by atoms with Crippen LogP contribution in [0.15, 0.2) is 97.2 Å². The average molecular weight is 1380 g/mol. The molecule has 0 spiro atoms. The van der Waals surface area contributed by atoms with E-state index in [1.54, 1.807) is 0 Å². The molecule has 0 fully saturated rings. The maximum absolute atomic E-state index is 12.8. The normalized spacial score (nSPS) is 13.3. The molecular weight excluding hydrogens is 1220 g/mol. The van der Waals surface area contributed by atoms with Gasteiger partial charge in [0.25, 0.3) is 0 Å². The molecule has 0 aliphatic rings. The Morgan fingerprint density at radius 3 is 0.845 bits per heavy atom. The van der Waals surface area contributed by atoms with E-state index in [4.69, 9.17) is 24.3 Å². The zero-order chi connectivity index (χ0) is 70.0. The van der Waals surface area contributed by atoms with Gasteiger partial charge in [-0.25, -0.2) is 4.57 Å². The monoisotopic (exact) mass is 1380 g/mol. The lowest BCUT2D eigenvalue weighted by atomic mass is 10.0. The van der Waals surface area contributed by atoms with E-state index < -0.39 is 26.5 Å². The molecule has 0 aromatic rings. The van der Waals surface area contributed by atoms with Crippen molar-refractivity contribution < 1.29 is 37.6 Å². The maximum Gasteiger partial charge on any atom is 0.472 e. The molecule has 0 amide bonds. The Balaban J connectivity index is 3.75. The van der Waals surface area contributed by atoms with Crippen LogP contribution in [0.5, 0.6) is 0 Å². The highest BCUT2D eigenvalue weighted by atomic mass is 31.2. The molecule has 0 heterocycles. The van der Waals surface area contributed by atoms with Gasteiger partial charge in [0.2, 0.25) is 0 Å². The number of carbonyl (C=O) groups excluding carboxylic acids is 2. The number of phosphoric ester groups is 1. The minimum absolute atomic E-state index is 0.0540. The minimum atomic E-state index is -4.40. The number of nitrogens with two attached hydrogens (primary N) is 1. The second-order valence-electron chi connectivity index (χ2n) is 28.0. The van der Waals surface area contributed by atoms with Gasteiger partial charge in [0.1, 0.15) is 6.61 Å². The van der Waals surface area contributed by atoms with E-state index in [1.165, 1.54) is 302 Å². The Hall–Kier alpha value is -3.07. The Morgan fingerprint density at radius 1 is 0.320 bits per heavy atom. The van der Waals surface area contributed by atoms with Gasteiger partial charge in [-0.05, 0) is 96.3 Å². The molecule has 9 nitrogen and oxygen atoms in total. The molecule has 97 heavy (non-hydrogen) atoms. The zero-order valence-electron chi connectivity index (χ0n) is 63.8. The summed E-state index contributed by atoms with van der Waals surface area (Å²) in [6, 6.07) is 0. The van der Waals surface area contributed by atoms with Crippen LogP contribution in [0.4, 0.5) is 0 Å². The van der Waals surface area contributed by atoms with E-state index in [1.807, 2.05) is 0 Å². The van der Waals surface area contributed by atoms with Crippen LogP contribution in [0.2, 0.25) is 0 Å². The molecule has 0 saturated carbocycles. The molecule has 2 atom stereocenters. The molecule has 0 rings (SSSR count). The quantitative estimate of drug-likeness (QED) is 0.0264. The highest BCUT2D eigenvalue weighted by Gasteiger charge is 2.26. The van der Waals surface area contributed by atoms with Gasteiger partial charge in [-0.2, -0.15) is 0 Å². The Labute approximate surface area is 601 Å². The highest BCUT2D eigenvalue weighted by Crippen LogP contribution is 2.43. The summed E-state index contributed by atoms with van der Waals surface area (Å²) >= 11 is 0. The smallest absolute Gasteiger partial charge is 0.462 e. The zero-order valence-corrected chi connectivity index (χ0v) is 64.7. The van der Waals surface area contributed by atoms with Gasteiger partial charge >= 0.3 is 19.8 Å². The van der Waals surface area contributed by atoms with Crippen LogP contribution in [0.1, 0.15) is 412 Å². The first-order valence-corrected chi connectivity index (χ1v) is 43.2. The van der Waals surface area contributed by atoms with Crippen LogP contribution in [-0.4, -0.2) is 49.3 Å². The van der Waals surface area contributed by atoms with Crippen molar-refractivity contribution in [3.63, 3.8) is 0 Å². The van der Waals surface area contributed by atoms with E-state index in [-0.39, 0.29) is 38.6 Å². The third-order valence-electron chi connectivity index (χ3n) is 18.5. The molecule has 2 unspecified atom stereocenters. The van der Waals surface area contributed by atoms with Crippen LogP contribution < -0.4 is 5.73 Å². The number of unbranched alkanes of at least 4 members (excludes halogenated alkanes) is 50. The molecule has 0 radical (unpaired) electrons. The molecule has 0 aromatic heterocycles. The lowest BCUT2D eigenvalue weighted by Gasteiger charge is -2.19. The van der Waals surface area contributed by atoms with Crippen molar-refractivity contribution in [2.24, 2.45) is 5.73 Å². The Kier molecular flexibility index (Phi) is 79.3. The van der Waals surface area contributed by atoms with Crippen molar-refractivity contribution in [1.29, 1.82) is 0 Å². The van der Waals surface area contributed by atoms with Crippen LogP contribution in [-0.2, 0) is 32.7 Å². The van der Waals surface area contributed by atoms with E-state index in [0.717, 1.165) is 77.0 Å². The molecule has 0 aromatic carbocycles. The predicted octanol–water partition coefficient (Wildman–Crippen LogP) is 28.2. The van der Waals surface area contributed by atoms with Crippen molar-refractivity contribution in [2.45, 2.75) is 418 Å². The molecule has 0 saturated heterocycles.